The second kappa shape index (κ2) is 12.6. The van der Waals surface area contributed by atoms with Gasteiger partial charge < -0.3 is 20.3 Å². The summed E-state index contributed by atoms with van der Waals surface area (Å²) in [6, 6.07) is 0.252. The van der Waals surface area contributed by atoms with Crippen molar-refractivity contribution in [2.75, 3.05) is 33.3 Å². The monoisotopic (exact) mass is 595 g/mol. The fourth-order valence-corrected chi connectivity index (χ4v) is 9.03. The van der Waals surface area contributed by atoms with Gasteiger partial charge in [-0.2, -0.15) is 0 Å². The maximum absolute atomic E-state index is 14.5. The average molecular weight is 596 g/mol. The minimum Gasteiger partial charge on any atom is -0.380 e. The highest BCUT2D eigenvalue weighted by Crippen LogP contribution is 2.40. The number of hydrogen-bond acceptors (Lipinski definition) is 7. The van der Waals surface area contributed by atoms with Crippen LogP contribution in [0.4, 0.5) is 13.2 Å². The molecule has 0 aromatic heterocycles. The van der Waals surface area contributed by atoms with Gasteiger partial charge in [0, 0.05) is 56.5 Å². The molecule has 0 bridgehead atoms. The number of carbonyl (C=O) groups is 2. The van der Waals surface area contributed by atoms with Crippen molar-refractivity contribution in [3.63, 3.8) is 0 Å². The minimum absolute atomic E-state index is 0.00323. The van der Waals surface area contributed by atoms with E-state index < -0.39 is 24.4 Å². The number of thioether (sulfide) groups is 1. The molecular weight excluding hydrogens is 555 g/mol. The minimum atomic E-state index is -2.53. The van der Waals surface area contributed by atoms with Crippen LogP contribution in [-0.2, 0) is 14.3 Å². The molecule has 1 aliphatic carbocycles. The predicted molar refractivity (Wildman–Crippen MR) is 144 cm³/mol. The smallest absolute Gasteiger partial charge is 0.241 e. The van der Waals surface area contributed by atoms with Gasteiger partial charge in [0.25, 0.3) is 0 Å². The zero-order valence-electron chi connectivity index (χ0n) is 22.5. The maximum Gasteiger partial charge on any atom is 0.241 e. The van der Waals surface area contributed by atoms with Crippen LogP contribution in [0.2, 0.25) is 0 Å². The van der Waals surface area contributed by atoms with Crippen LogP contribution in [0.5, 0.6) is 0 Å². The number of nitrogens with zero attached hydrogens (tertiary/aromatic N) is 1. The van der Waals surface area contributed by atoms with Crippen molar-refractivity contribution in [3.05, 3.63) is 0 Å². The molecule has 0 radical (unpaired) electrons. The van der Waals surface area contributed by atoms with E-state index in [1.807, 2.05) is 0 Å². The van der Waals surface area contributed by atoms with Gasteiger partial charge in [0.05, 0.1) is 23.4 Å². The van der Waals surface area contributed by atoms with E-state index in [1.165, 1.54) is 0 Å². The van der Waals surface area contributed by atoms with Crippen molar-refractivity contribution >= 4 is 35.2 Å². The average Bonchev–Trinajstić information content (AvgIpc) is 3.47. The second-order valence-electron chi connectivity index (χ2n) is 12.0. The molecule has 4 saturated heterocycles. The highest BCUT2D eigenvalue weighted by atomic mass is 35.5. The molecule has 39 heavy (non-hydrogen) atoms. The standard InChI is InChI=1S/C26H41ClF3N5O3S/c1-12-5-14(15-7-22(27)32-9-20(15)38-2)17(8-31-12)24(36)34-26-33-19-10-35(11-21(19)39-26)25(37)16-6-13(23(29)30)3-4-18(16)28/h12-23,26,31-33H,3-11H2,1-2H3,(H,34,36). The van der Waals surface area contributed by atoms with E-state index in [2.05, 4.69) is 28.2 Å². The summed E-state index contributed by atoms with van der Waals surface area (Å²) in [5.74, 6) is -2.20. The van der Waals surface area contributed by atoms with E-state index in [-0.39, 0.29) is 77.2 Å². The topological polar surface area (TPSA) is 94.7 Å². The number of alkyl halides is 4. The zero-order valence-corrected chi connectivity index (χ0v) is 24.0. The molecule has 222 valence electrons. The van der Waals surface area contributed by atoms with E-state index in [4.69, 9.17) is 16.3 Å². The third kappa shape index (κ3) is 6.51. The summed E-state index contributed by atoms with van der Waals surface area (Å²) in [5.41, 5.74) is -0.432. The maximum atomic E-state index is 14.5. The summed E-state index contributed by atoms with van der Waals surface area (Å²) >= 11 is 8.01. The van der Waals surface area contributed by atoms with Gasteiger partial charge >= 0.3 is 0 Å². The van der Waals surface area contributed by atoms with Crippen molar-refractivity contribution in [2.45, 2.75) is 86.1 Å². The largest absolute Gasteiger partial charge is 0.380 e. The van der Waals surface area contributed by atoms with E-state index in [1.54, 1.807) is 23.8 Å². The highest BCUT2D eigenvalue weighted by Gasteiger charge is 2.48. The molecule has 5 rings (SSSR count). The summed E-state index contributed by atoms with van der Waals surface area (Å²) in [5, 5.41) is 13.4. The van der Waals surface area contributed by atoms with E-state index in [0.717, 1.165) is 12.8 Å². The number of methoxy groups -OCH3 is 1. The Morgan fingerprint density at radius 2 is 1.87 bits per heavy atom. The van der Waals surface area contributed by atoms with Gasteiger partial charge in [0.15, 0.2) is 0 Å². The Hall–Kier alpha value is -0.790. The first kappa shape index (κ1) is 29.7. The van der Waals surface area contributed by atoms with Crippen molar-refractivity contribution in [2.24, 2.45) is 29.6 Å². The molecule has 0 aromatic rings. The van der Waals surface area contributed by atoms with E-state index in [9.17, 15) is 22.8 Å². The number of fused-ring (bicyclic) bond motifs is 1. The summed E-state index contributed by atoms with van der Waals surface area (Å²) in [6.07, 6.45) is -2.25. The van der Waals surface area contributed by atoms with Crippen molar-refractivity contribution < 1.29 is 27.5 Å². The summed E-state index contributed by atoms with van der Waals surface area (Å²) < 4.78 is 46.7. The van der Waals surface area contributed by atoms with Gasteiger partial charge in [0.1, 0.15) is 11.7 Å². The fourth-order valence-electron chi connectivity index (χ4n) is 7.33. The van der Waals surface area contributed by atoms with Crippen LogP contribution in [0.1, 0.15) is 39.0 Å². The summed E-state index contributed by atoms with van der Waals surface area (Å²) in [7, 11) is 1.71. The Kier molecular flexibility index (Phi) is 9.60. The van der Waals surface area contributed by atoms with Gasteiger partial charge in [-0.05, 0) is 50.9 Å². The number of halogens is 4. The van der Waals surface area contributed by atoms with Gasteiger partial charge in [-0.15, -0.1) is 23.4 Å². The van der Waals surface area contributed by atoms with Crippen LogP contribution in [0.15, 0.2) is 0 Å². The first-order valence-corrected chi connectivity index (χ1v) is 15.6. The molecule has 13 heteroatoms. The van der Waals surface area contributed by atoms with Gasteiger partial charge in [0.2, 0.25) is 18.2 Å². The Labute approximate surface area is 237 Å². The Morgan fingerprint density at radius 1 is 1.08 bits per heavy atom. The molecule has 4 aliphatic heterocycles. The van der Waals surface area contributed by atoms with Gasteiger partial charge in [-0.1, -0.05) is 0 Å². The lowest BCUT2D eigenvalue weighted by molar-refractivity contribution is -0.140. The second-order valence-corrected chi connectivity index (χ2v) is 13.9. The Bertz CT molecular complexity index is 882. The van der Waals surface area contributed by atoms with E-state index in [0.29, 0.717) is 32.2 Å². The first-order chi connectivity index (χ1) is 18.6. The third-order valence-corrected chi connectivity index (χ3v) is 11.2. The quantitative estimate of drug-likeness (QED) is 0.276. The van der Waals surface area contributed by atoms with Crippen molar-refractivity contribution in [3.8, 4) is 0 Å². The number of hydrogen-bond donors (Lipinski definition) is 4. The van der Waals surface area contributed by atoms with Gasteiger partial charge in [-0.3, -0.25) is 20.2 Å². The Morgan fingerprint density at radius 3 is 2.59 bits per heavy atom. The van der Waals surface area contributed by atoms with Crippen LogP contribution >= 0.6 is 23.4 Å². The normalized spacial score (nSPS) is 44.8. The van der Waals surface area contributed by atoms with E-state index >= 15 is 0 Å². The van der Waals surface area contributed by atoms with Crippen LogP contribution in [-0.4, -0.2) is 97.0 Å². The van der Waals surface area contributed by atoms with Crippen LogP contribution < -0.4 is 21.3 Å². The number of nitrogens with one attached hydrogen (secondary N) is 4. The lowest BCUT2D eigenvalue weighted by atomic mass is 9.70. The van der Waals surface area contributed by atoms with Crippen LogP contribution in [0, 0.1) is 29.6 Å². The number of piperidine rings is 2. The molecule has 0 spiro atoms. The fraction of sp³-hybridized carbons (Fsp3) is 0.923. The summed E-state index contributed by atoms with van der Waals surface area (Å²) in [6.45, 7) is 4.19. The van der Waals surface area contributed by atoms with Crippen LogP contribution in [0.3, 0.4) is 0 Å². The number of likely N-dealkylation sites (tertiary alicyclic amines) is 1. The molecule has 2 amide bonds. The first-order valence-electron chi connectivity index (χ1n) is 14.2. The Balaban J connectivity index is 1.16. The van der Waals surface area contributed by atoms with Crippen LogP contribution in [0.25, 0.3) is 0 Å². The summed E-state index contributed by atoms with van der Waals surface area (Å²) in [4.78, 5) is 28.2. The number of amides is 2. The molecule has 4 heterocycles. The van der Waals surface area contributed by atoms with Crippen molar-refractivity contribution in [1.82, 2.24) is 26.2 Å². The lowest BCUT2D eigenvalue weighted by Gasteiger charge is -2.45. The predicted octanol–water partition coefficient (Wildman–Crippen LogP) is 2.13. The van der Waals surface area contributed by atoms with Crippen molar-refractivity contribution in [1.29, 1.82) is 0 Å². The highest BCUT2D eigenvalue weighted by molar-refractivity contribution is 8.00. The van der Waals surface area contributed by atoms with Gasteiger partial charge in [-0.25, -0.2) is 13.2 Å². The molecule has 12 unspecified atom stereocenters. The molecule has 5 aliphatic rings. The molecule has 5 fully saturated rings. The zero-order chi connectivity index (χ0) is 27.8. The molecule has 12 atom stereocenters. The number of ether oxygens (including phenoxy) is 1. The molecule has 1 saturated carbocycles. The number of rotatable bonds is 6. The number of carbonyl (C=O) groups excluding carboxylic acids is 2. The molecule has 0 aromatic carbocycles. The third-order valence-electron chi connectivity index (χ3n) is 9.52. The SMILES string of the molecule is COC1CNC(Cl)CC1C1CC(C)NCC1C(=O)NC1NC2CN(C(=O)C3CC(C(F)F)CCC3F)CC2S1. The molecule has 4 N–H and O–H groups in total. The lowest BCUT2D eigenvalue weighted by Crippen LogP contribution is -2.57. The molecule has 8 nitrogen and oxygen atoms in total. The molecular formula is C26H41ClF3N5O3S.